The Morgan fingerprint density at radius 1 is 1.14 bits per heavy atom. The summed E-state index contributed by atoms with van der Waals surface area (Å²) in [4.78, 5) is 12.1. The van der Waals surface area contributed by atoms with E-state index in [1.54, 1.807) is 12.1 Å². The molecule has 0 atom stereocenters. The van der Waals surface area contributed by atoms with E-state index in [0.29, 0.717) is 5.69 Å². The second kappa shape index (κ2) is 5.81. The minimum Gasteiger partial charge on any atom is -0.396 e. The fourth-order valence-electron chi connectivity index (χ4n) is 1.99. The maximum atomic E-state index is 13.8. The third-order valence-electron chi connectivity index (χ3n) is 3.00. The summed E-state index contributed by atoms with van der Waals surface area (Å²) in [5.74, 6) is -2.44. The summed E-state index contributed by atoms with van der Waals surface area (Å²) in [5, 5.41) is 2.54. The van der Waals surface area contributed by atoms with E-state index in [-0.39, 0.29) is 0 Å². The van der Waals surface area contributed by atoms with E-state index in [9.17, 15) is 13.6 Å². The zero-order valence-corrected chi connectivity index (χ0v) is 13.0. The molecule has 1 amide bonds. The van der Waals surface area contributed by atoms with Gasteiger partial charge in [-0.25, -0.2) is 8.78 Å². The number of rotatable bonds is 2. The first-order chi connectivity index (χ1) is 9.79. The van der Waals surface area contributed by atoms with Crippen LogP contribution in [0.15, 0.2) is 28.7 Å². The number of benzene rings is 2. The molecule has 6 heteroatoms. The molecule has 0 heterocycles. The highest BCUT2D eigenvalue weighted by Gasteiger charge is 2.16. The summed E-state index contributed by atoms with van der Waals surface area (Å²) in [5.41, 5.74) is 6.84. The topological polar surface area (TPSA) is 55.1 Å². The largest absolute Gasteiger partial charge is 0.396 e. The van der Waals surface area contributed by atoms with E-state index in [1.807, 2.05) is 13.8 Å². The molecule has 0 aliphatic heterocycles. The van der Waals surface area contributed by atoms with Crippen LogP contribution in [0, 0.1) is 25.5 Å². The highest BCUT2D eigenvalue weighted by molar-refractivity contribution is 9.10. The lowest BCUT2D eigenvalue weighted by atomic mass is 10.1. The monoisotopic (exact) mass is 354 g/mol. The van der Waals surface area contributed by atoms with E-state index in [4.69, 9.17) is 5.73 Å². The van der Waals surface area contributed by atoms with Gasteiger partial charge in [-0.2, -0.15) is 0 Å². The SMILES string of the molecule is Cc1cc(NC(=O)c2cc(F)cc(N)c2F)cc(C)c1Br. The van der Waals surface area contributed by atoms with E-state index >= 15 is 0 Å². The molecule has 0 aliphatic carbocycles. The molecule has 3 nitrogen and oxygen atoms in total. The van der Waals surface area contributed by atoms with Crippen LogP contribution in [-0.4, -0.2) is 5.91 Å². The number of carbonyl (C=O) groups excluding carboxylic acids is 1. The molecular weight excluding hydrogens is 342 g/mol. The molecule has 0 spiro atoms. The average Bonchev–Trinajstić information content (AvgIpc) is 2.39. The number of halogens is 3. The van der Waals surface area contributed by atoms with Gasteiger partial charge in [0.25, 0.3) is 5.91 Å². The summed E-state index contributed by atoms with van der Waals surface area (Å²) < 4.78 is 28.0. The van der Waals surface area contributed by atoms with Crippen LogP contribution in [0.25, 0.3) is 0 Å². The molecule has 0 aliphatic rings. The van der Waals surface area contributed by atoms with Gasteiger partial charge in [-0.15, -0.1) is 0 Å². The first-order valence-electron chi connectivity index (χ1n) is 6.12. The number of carbonyl (C=O) groups is 1. The first kappa shape index (κ1) is 15.4. The summed E-state index contributed by atoms with van der Waals surface area (Å²) in [6, 6.07) is 5.12. The van der Waals surface area contributed by atoms with Crippen LogP contribution in [0.4, 0.5) is 20.2 Å². The van der Waals surface area contributed by atoms with Gasteiger partial charge in [-0.1, -0.05) is 15.9 Å². The Labute approximate surface area is 129 Å². The Balaban J connectivity index is 2.35. The molecule has 0 saturated heterocycles. The summed E-state index contributed by atoms with van der Waals surface area (Å²) in [6.07, 6.45) is 0. The maximum absolute atomic E-state index is 13.8. The molecule has 110 valence electrons. The predicted octanol–water partition coefficient (Wildman–Crippen LogP) is 4.18. The van der Waals surface area contributed by atoms with E-state index in [1.165, 1.54) is 0 Å². The first-order valence-corrected chi connectivity index (χ1v) is 6.91. The second-order valence-corrected chi connectivity index (χ2v) is 5.53. The van der Waals surface area contributed by atoms with Crippen LogP contribution >= 0.6 is 15.9 Å². The zero-order chi connectivity index (χ0) is 15.7. The minimum atomic E-state index is -0.931. The van der Waals surface area contributed by atoms with Crippen molar-refractivity contribution in [2.24, 2.45) is 0 Å². The number of hydrogen-bond acceptors (Lipinski definition) is 2. The van der Waals surface area contributed by atoms with Crippen molar-refractivity contribution in [3.8, 4) is 0 Å². The Morgan fingerprint density at radius 2 is 1.71 bits per heavy atom. The molecule has 0 bridgehead atoms. The van der Waals surface area contributed by atoms with E-state index < -0.39 is 28.8 Å². The van der Waals surface area contributed by atoms with Crippen LogP contribution in [-0.2, 0) is 0 Å². The molecule has 0 radical (unpaired) electrons. The highest BCUT2D eigenvalue weighted by Crippen LogP contribution is 2.26. The summed E-state index contributed by atoms with van der Waals surface area (Å²) >= 11 is 3.42. The molecule has 0 aromatic heterocycles. The van der Waals surface area contributed by atoms with Crippen molar-refractivity contribution in [2.75, 3.05) is 11.1 Å². The number of nitrogens with one attached hydrogen (secondary N) is 1. The van der Waals surface area contributed by atoms with Gasteiger partial charge in [0.1, 0.15) is 5.82 Å². The van der Waals surface area contributed by atoms with Crippen LogP contribution in [0.3, 0.4) is 0 Å². The molecule has 0 unspecified atom stereocenters. The van der Waals surface area contributed by atoms with Crippen LogP contribution in [0.1, 0.15) is 21.5 Å². The fourth-order valence-corrected chi connectivity index (χ4v) is 2.22. The van der Waals surface area contributed by atoms with Gasteiger partial charge in [-0.3, -0.25) is 4.79 Å². The quantitative estimate of drug-likeness (QED) is 0.794. The summed E-state index contributed by atoms with van der Waals surface area (Å²) in [7, 11) is 0. The summed E-state index contributed by atoms with van der Waals surface area (Å²) in [6.45, 7) is 3.74. The van der Waals surface area contributed by atoms with Crippen molar-refractivity contribution in [2.45, 2.75) is 13.8 Å². The zero-order valence-electron chi connectivity index (χ0n) is 11.4. The van der Waals surface area contributed by atoms with Gasteiger partial charge < -0.3 is 11.1 Å². The Kier molecular flexibility index (Phi) is 4.27. The molecule has 2 aromatic carbocycles. The molecular formula is C15H13BrF2N2O. The normalized spacial score (nSPS) is 10.5. The van der Waals surface area contributed by atoms with E-state index in [0.717, 1.165) is 27.7 Å². The standard InChI is InChI=1S/C15H13BrF2N2O/c1-7-3-10(4-8(2)13(7)16)20-15(21)11-5-9(17)6-12(19)14(11)18/h3-6H,19H2,1-2H3,(H,20,21). The Bertz CT molecular complexity index is 709. The van der Waals surface area contributed by atoms with Gasteiger partial charge >= 0.3 is 0 Å². The van der Waals surface area contributed by atoms with Crippen molar-refractivity contribution in [3.63, 3.8) is 0 Å². The fraction of sp³-hybridized carbons (Fsp3) is 0.133. The van der Waals surface area contributed by atoms with Crippen molar-refractivity contribution in [1.82, 2.24) is 0 Å². The molecule has 0 fully saturated rings. The lowest BCUT2D eigenvalue weighted by Crippen LogP contribution is -2.15. The lowest BCUT2D eigenvalue weighted by Gasteiger charge is -2.11. The maximum Gasteiger partial charge on any atom is 0.258 e. The second-order valence-electron chi connectivity index (χ2n) is 4.73. The minimum absolute atomic E-state index is 0.400. The third kappa shape index (κ3) is 3.21. The average molecular weight is 355 g/mol. The van der Waals surface area contributed by atoms with E-state index in [2.05, 4.69) is 21.2 Å². The van der Waals surface area contributed by atoms with Crippen molar-refractivity contribution < 1.29 is 13.6 Å². The molecule has 2 rings (SSSR count). The Morgan fingerprint density at radius 3 is 2.29 bits per heavy atom. The molecule has 21 heavy (non-hydrogen) atoms. The number of aryl methyl sites for hydroxylation is 2. The third-order valence-corrected chi connectivity index (χ3v) is 4.26. The number of nitrogen functional groups attached to an aromatic ring is 1. The smallest absolute Gasteiger partial charge is 0.258 e. The van der Waals surface area contributed by atoms with Crippen LogP contribution in [0.5, 0.6) is 0 Å². The number of nitrogens with two attached hydrogens (primary N) is 1. The van der Waals surface area contributed by atoms with Gasteiger partial charge in [-0.05, 0) is 49.2 Å². The van der Waals surface area contributed by atoms with Crippen molar-refractivity contribution in [3.05, 3.63) is 57.1 Å². The van der Waals surface area contributed by atoms with Gasteiger partial charge in [0, 0.05) is 10.2 Å². The van der Waals surface area contributed by atoms with Crippen LogP contribution < -0.4 is 11.1 Å². The number of hydrogen-bond donors (Lipinski definition) is 2. The molecule has 2 aromatic rings. The lowest BCUT2D eigenvalue weighted by molar-refractivity contribution is 0.102. The molecule has 0 saturated carbocycles. The van der Waals surface area contributed by atoms with Gasteiger partial charge in [0.15, 0.2) is 5.82 Å². The van der Waals surface area contributed by atoms with Crippen LogP contribution in [0.2, 0.25) is 0 Å². The van der Waals surface area contributed by atoms with Crippen molar-refractivity contribution in [1.29, 1.82) is 0 Å². The highest BCUT2D eigenvalue weighted by atomic mass is 79.9. The van der Waals surface area contributed by atoms with Gasteiger partial charge in [0.05, 0.1) is 11.3 Å². The number of anilines is 2. The predicted molar refractivity (Wildman–Crippen MR) is 82.3 cm³/mol. The van der Waals surface area contributed by atoms with Crippen molar-refractivity contribution >= 4 is 33.2 Å². The molecule has 3 N–H and O–H groups in total. The number of amides is 1. The van der Waals surface area contributed by atoms with Gasteiger partial charge in [0.2, 0.25) is 0 Å². The Hall–Kier alpha value is -1.95.